The Kier molecular flexibility index (Phi) is 13.4. The van der Waals surface area contributed by atoms with Crippen molar-refractivity contribution < 1.29 is 33.7 Å². The molecule has 4 atom stereocenters. The fraction of sp³-hybridized carbons (Fsp3) is 0.719. The second-order valence-electron chi connectivity index (χ2n) is 12.8. The third kappa shape index (κ3) is 11.2. The maximum Gasteiger partial charge on any atom is 0.410 e. The summed E-state index contributed by atoms with van der Waals surface area (Å²) < 4.78 is 16.4. The Morgan fingerprint density at radius 2 is 1.72 bits per heavy atom. The van der Waals surface area contributed by atoms with E-state index in [-0.39, 0.29) is 30.5 Å². The second kappa shape index (κ2) is 16.7. The summed E-state index contributed by atoms with van der Waals surface area (Å²) >= 11 is 0. The van der Waals surface area contributed by atoms with Gasteiger partial charge < -0.3 is 39.8 Å². The van der Waals surface area contributed by atoms with Crippen LogP contribution in [0.5, 0.6) is 0 Å². The number of hydrogen-bond donors (Lipinski definition) is 3. The molecule has 1 aromatic carbocycles. The van der Waals surface area contributed by atoms with E-state index in [1.165, 1.54) is 12.0 Å². The molecule has 1 aliphatic heterocycles. The van der Waals surface area contributed by atoms with Crippen molar-refractivity contribution in [2.75, 3.05) is 46.9 Å². The first-order chi connectivity index (χ1) is 20.5. The van der Waals surface area contributed by atoms with Crippen molar-refractivity contribution in [1.29, 1.82) is 0 Å². The third-order valence-electron chi connectivity index (χ3n) is 8.19. The number of ether oxygens (including phenoxy) is 3. The zero-order valence-electron chi connectivity index (χ0n) is 26.5. The van der Waals surface area contributed by atoms with Crippen molar-refractivity contribution in [2.45, 2.75) is 89.6 Å². The number of carbonyl (C=O) groups excluding carboxylic acids is 3. The topological polar surface area (TPSA) is 130 Å². The average Bonchev–Trinajstić information content (AvgIpc) is 3.00. The number of likely N-dealkylation sites (N-methyl/N-ethyl adjacent to an activating group) is 1. The molecule has 0 aromatic heterocycles. The Morgan fingerprint density at radius 3 is 2.37 bits per heavy atom. The van der Waals surface area contributed by atoms with Gasteiger partial charge in [-0.1, -0.05) is 49.6 Å². The number of methoxy groups -OCH3 is 1. The molecule has 3 rings (SSSR count). The van der Waals surface area contributed by atoms with Gasteiger partial charge in [-0.25, -0.2) is 14.4 Å². The van der Waals surface area contributed by atoms with Crippen LogP contribution in [0.2, 0.25) is 0 Å². The predicted molar refractivity (Wildman–Crippen MR) is 164 cm³/mol. The van der Waals surface area contributed by atoms with E-state index >= 15 is 0 Å². The molecule has 0 spiro atoms. The molecular formula is C32H52N4O7. The average molecular weight is 605 g/mol. The molecule has 0 bridgehead atoms. The van der Waals surface area contributed by atoms with Crippen LogP contribution in [0.25, 0.3) is 0 Å². The first-order valence-electron chi connectivity index (χ1n) is 15.6. The van der Waals surface area contributed by atoms with Gasteiger partial charge in [-0.3, -0.25) is 0 Å². The van der Waals surface area contributed by atoms with Gasteiger partial charge >= 0.3 is 18.2 Å². The van der Waals surface area contributed by atoms with E-state index in [0.717, 1.165) is 50.5 Å². The van der Waals surface area contributed by atoms with Gasteiger partial charge in [0.05, 0.1) is 32.0 Å². The van der Waals surface area contributed by atoms with Gasteiger partial charge in [-0.05, 0) is 57.9 Å². The molecule has 2 unspecified atom stereocenters. The maximum atomic E-state index is 13.7. The Balaban J connectivity index is 1.70. The summed E-state index contributed by atoms with van der Waals surface area (Å²) in [4.78, 5) is 41.1. The van der Waals surface area contributed by atoms with Crippen molar-refractivity contribution in [3.63, 3.8) is 0 Å². The summed E-state index contributed by atoms with van der Waals surface area (Å²) in [5.41, 5.74) is 0.360. The standard InChI is InChI=1S/C32H52N4O7/c1-32(2,3)43-31(40)35(4)22-26(27(37)23-13-8-6-9-14-23)34-29(38)36-19-12-17-25(21-36)28(24-15-10-7-11-16-24)42-20-18-33-30(39)41-5/h7,10-11,15-16,23,25-28,37H,6,8-9,12-14,17-22H2,1-5H3,(H,33,39)(H,34,38)/t25-,26?,27?,28+/m1/s1. The summed E-state index contributed by atoms with van der Waals surface area (Å²) in [5, 5.41) is 17.2. The van der Waals surface area contributed by atoms with E-state index in [4.69, 9.17) is 9.47 Å². The van der Waals surface area contributed by atoms with Gasteiger partial charge in [0.15, 0.2) is 0 Å². The second-order valence-corrected chi connectivity index (χ2v) is 12.8. The van der Waals surface area contributed by atoms with Crippen molar-refractivity contribution in [2.24, 2.45) is 11.8 Å². The zero-order chi connectivity index (χ0) is 31.4. The van der Waals surface area contributed by atoms with Crippen LogP contribution in [0.15, 0.2) is 30.3 Å². The molecule has 242 valence electrons. The van der Waals surface area contributed by atoms with Crippen molar-refractivity contribution >= 4 is 18.2 Å². The van der Waals surface area contributed by atoms with E-state index < -0.39 is 29.9 Å². The molecule has 11 heteroatoms. The predicted octanol–water partition coefficient (Wildman–Crippen LogP) is 4.70. The number of nitrogens with zero attached hydrogens (tertiary/aromatic N) is 2. The van der Waals surface area contributed by atoms with E-state index in [1.807, 2.05) is 51.1 Å². The van der Waals surface area contributed by atoms with Gasteiger partial charge in [0.2, 0.25) is 0 Å². The number of benzene rings is 1. The number of hydrogen-bond acceptors (Lipinski definition) is 7. The number of nitrogens with one attached hydrogen (secondary N) is 2. The summed E-state index contributed by atoms with van der Waals surface area (Å²) in [7, 11) is 2.95. The van der Waals surface area contributed by atoms with Crippen LogP contribution in [0, 0.1) is 11.8 Å². The zero-order valence-corrected chi connectivity index (χ0v) is 26.5. The lowest BCUT2D eigenvalue weighted by Crippen LogP contribution is -2.57. The van der Waals surface area contributed by atoms with Crippen LogP contribution in [0.3, 0.4) is 0 Å². The number of piperidine rings is 1. The van der Waals surface area contributed by atoms with Crippen molar-refractivity contribution in [3.05, 3.63) is 35.9 Å². The molecule has 11 nitrogen and oxygen atoms in total. The number of urea groups is 1. The largest absolute Gasteiger partial charge is 0.453 e. The maximum absolute atomic E-state index is 13.7. The van der Waals surface area contributed by atoms with Crippen molar-refractivity contribution in [1.82, 2.24) is 20.4 Å². The lowest BCUT2D eigenvalue weighted by molar-refractivity contribution is -0.0101. The van der Waals surface area contributed by atoms with E-state index in [9.17, 15) is 19.5 Å². The lowest BCUT2D eigenvalue weighted by atomic mass is 9.82. The first kappa shape index (κ1) is 34.4. The molecule has 43 heavy (non-hydrogen) atoms. The smallest absolute Gasteiger partial charge is 0.410 e. The normalized spacial score (nSPS) is 20.0. The number of aliphatic hydroxyl groups is 1. The van der Waals surface area contributed by atoms with Crippen LogP contribution in [-0.2, 0) is 14.2 Å². The summed E-state index contributed by atoms with van der Waals surface area (Å²) in [6.07, 6.45) is 4.68. The summed E-state index contributed by atoms with van der Waals surface area (Å²) in [6.45, 7) is 7.23. The monoisotopic (exact) mass is 604 g/mol. The van der Waals surface area contributed by atoms with Gasteiger partial charge in [-0.2, -0.15) is 0 Å². The highest BCUT2D eigenvalue weighted by Crippen LogP contribution is 2.33. The van der Waals surface area contributed by atoms with Gasteiger partial charge in [0.25, 0.3) is 0 Å². The van der Waals surface area contributed by atoms with Crippen LogP contribution in [0.4, 0.5) is 14.4 Å². The Hall–Kier alpha value is -3.05. The van der Waals surface area contributed by atoms with E-state index in [2.05, 4.69) is 15.4 Å². The minimum atomic E-state index is -0.780. The number of carbonyl (C=O) groups is 3. The summed E-state index contributed by atoms with van der Waals surface area (Å²) in [5.74, 6) is 0.0980. The lowest BCUT2D eigenvalue weighted by Gasteiger charge is -2.39. The fourth-order valence-corrected chi connectivity index (χ4v) is 6.00. The van der Waals surface area contributed by atoms with Crippen molar-refractivity contribution in [3.8, 4) is 0 Å². The molecule has 4 amide bonds. The summed E-state index contributed by atoms with van der Waals surface area (Å²) in [6, 6.07) is 9.00. The quantitative estimate of drug-likeness (QED) is 0.312. The van der Waals surface area contributed by atoms with Gasteiger partial charge in [0.1, 0.15) is 5.60 Å². The molecule has 1 saturated carbocycles. The Bertz CT molecular complexity index is 1010. The van der Waals surface area contributed by atoms with Crippen LogP contribution < -0.4 is 10.6 Å². The SMILES string of the molecule is COC(=O)NCCO[C@@H](c1ccccc1)[C@@H]1CCCN(C(=O)NC(CN(C)C(=O)OC(C)(C)C)C(O)C2CCCCC2)C1. The molecule has 1 aromatic rings. The molecule has 1 saturated heterocycles. The van der Waals surface area contributed by atoms with E-state index in [0.29, 0.717) is 26.2 Å². The minimum Gasteiger partial charge on any atom is -0.453 e. The fourth-order valence-electron chi connectivity index (χ4n) is 6.00. The molecule has 0 radical (unpaired) electrons. The third-order valence-corrected chi connectivity index (χ3v) is 8.19. The number of aliphatic hydroxyl groups excluding tert-OH is 1. The van der Waals surface area contributed by atoms with Gasteiger partial charge in [0, 0.05) is 39.1 Å². The molecule has 1 aliphatic carbocycles. The number of likely N-dealkylation sites (tertiary alicyclic amines) is 1. The molecular weight excluding hydrogens is 552 g/mol. The number of amides is 4. The molecule has 3 N–H and O–H groups in total. The molecule has 2 aliphatic rings. The minimum absolute atomic E-state index is 0.0335. The number of alkyl carbamates (subject to hydrolysis) is 1. The Labute approximate surface area is 256 Å². The number of rotatable bonds is 11. The highest BCUT2D eigenvalue weighted by Gasteiger charge is 2.36. The molecule has 1 heterocycles. The van der Waals surface area contributed by atoms with Crippen LogP contribution >= 0.6 is 0 Å². The first-order valence-corrected chi connectivity index (χ1v) is 15.6. The van der Waals surface area contributed by atoms with Gasteiger partial charge in [-0.15, -0.1) is 0 Å². The van der Waals surface area contributed by atoms with E-state index in [1.54, 1.807) is 11.9 Å². The highest BCUT2D eigenvalue weighted by atomic mass is 16.6. The van der Waals surface area contributed by atoms with Crippen LogP contribution in [0.1, 0.15) is 77.4 Å². The molecule has 2 fully saturated rings. The Morgan fingerprint density at radius 1 is 1.05 bits per heavy atom. The highest BCUT2D eigenvalue weighted by molar-refractivity contribution is 5.75. The van der Waals surface area contributed by atoms with Crippen LogP contribution in [-0.4, -0.2) is 97.8 Å².